The molecular weight excluding hydrogens is 579 g/mol. The summed E-state index contributed by atoms with van der Waals surface area (Å²) in [4.78, 5) is 19.0. The van der Waals surface area contributed by atoms with Gasteiger partial charge in [-0.15, -0.1) is 5.10 Å². The van der Waals surface area contributed by atoms with Gasteiger partial charge >= 0.3 is 6.18 Å². The average Bonchev–Trinajstić information content (AvgIpc) is 3.60. The molecule has 3 aromatic rings. The van der Waals surface area contributed by atoms with Crippen molar-refractivity contribution in [3.63, 3.8) is 0 Å². The molecule has 0 aromatic carbocycles. The van der Waals surface area contributed by atoms with Gasteiger partial charge in [-0.2, -0.15) is 18.3 Å². The second-order valence-electron chi connectivity index (χ2n) is 10.7. The van der Waals surface area contributed by atoms with Gasteiger partial charge < -0.3 is 14.7 Å². The second-order valence-corrected chi connectivity index (χ2v) is 12.3. The van der Waals surface area contributed by atoms with Gasteiger partial charge in [-0.1, -0.05) is 6.85 Å². The van der Waals surface area contributed by atoms with Crippen LogP contribution in [0.5, 0.6) is 5.88 Å². The molecule has 3 aromatic heterocycles. The van der Waals surface area contributed by atoms with Crippen LogP contribution in [0.25, 0.3) is 5.82 Å². The fraction of sp³-hybridized carbons (Fsp3) is 0.538. The number of rotatable bonds is 9. The predicted octanol–water partition coefficient (Wildman–Crippen LogP) is 2.99. The maximum Gasteiger partial charge on any atom is 0.399 e. The number of ether oxygens (including phenoxy) is 1. The van der Waals surface area contributed by atoms with Crippen LogP contribution in [0.3, 0.4) is 0 Å². The third-order valence-electron chi connectivity index (χ3n) is 6.78. The number of halogens is 3. The number of aliphatic hydroxyl groups is 1. The maximum absolute atomic E-state index is 13.6. The van der Waals surface area contributed by atoms with Gasteiger partial charge in [0.1, 0.15) is 22.7 Å². The smallest absolute Gasteiger partial charge is 0.399 e. The Labute approximate surface area is 248 Å². The second kappa shape index (κ2) is 10.9. The Morgan fingerprint density at radius 1 is 1.31 bits per heavy atom. The highest BCUT2D eigenvalue weighted by Crippen LogP contribution is 2.39. The fourth-order valence-corrected chi connectivity index (χ4v) is 5.48. The Bertz CT molecular complexity index is 1780. The van der Waals surface area contributed by atoms with Crippen molar-refractivity contribution in [1.82, 2.24) is 29.3 Å². The summed E-state index contributed by atoms with van der Waals surface area (Å²) < 4.78 is 117. The molecule has 1 saturated heterocycles. The number of aromatic nitrogens is 5. The van der Waals surface area contributed by atoms with E-state index in [1.54, 1.807) is 0 Å². The van der Waals surface area contributed by atoms with Crippen LogP contribution in [0.2, 0.25) is 0 Å². The van der Waals surface area contributed by atoms with E-state index in [1.165, 1.54) is 68.0 Å². The topological polar surface area (TPSA) is 144 Å². The Balaban J connectivity index is 1.78. The molecule has 4 rings (SSSR count). The number of aryl methyl sites for hydroxylation is 2. The number of nitrogens with one attached hydrogen (secondary N) is 1. The van der Waals surface area contributed by atoms with Gasteiger partial charge in [0.15, 0.2) is 5.82 Å². The van der Waals surface area contributed by atoms with Gasteiger partial charge in [-0.25, -0.2) is 22.8 Å². The van der Waals surface area contributed by atoms with Crippen LogP contribution in [0.1, 0.15) is 56.9 Å². The molecule has 1 aliphatic heterocycles. The van der Waals surface area contributed by atoms with E-state index in [2.05, 4.69) is 15.2 Å². The lowest BCUT2D eigenvalue weighted by Crippen LogP contribution is -2.43. The molecule has 12 nitrogen and oxygen atoms in total. The number of hydrogen-bond acceptors (Lipinski definition) is 9. The number of aliphatic hydroxyl groups excluding tert-OH is 1. The van der Waals surface area contributed by atoms with E-state index in [-0.39, 0.29) is 33.7 Å². The summed E-state index contributed by atoms with van der Waals surface area (Å²) in [6.07, 6.45) is -4.66. The number of carbonyl (C=O) groups excluding carboxylic acids is 1. The van der Waals surface area contributed by atoms with Gasteiger partial charge in [0, 0.05) is 44.4 Å². The van der Waals surface area contributed by atoms with Gasteiger partial charge in [-0.05, 0) is 52.1 Å². The number of amides is 1. The minimum atomic E-state index is -4.78. The summed E-state index contributed by atoms with van der Waals surface area (Å²) in [6.45, 7) is -0.345. The van der Waals surface area contributed by atoms with E-state index < -0.39 is 72.0 Å². The summed E-state index contributed by atoms with van der Waals surface area (Å²) in [5, 5.41) is 17.4. The summed E-state index contributed by atoms with van der Waals surface area (Å²) in [5.41, 5.74) is -4.41. The number of nitrogens with zero attached hydrogens (tertiary/aromatic N) is 6. The molecule has 230 valence electrons. The summed E-state index contributed by atoms with van der Waals surface area (Å²) in [5.74, 6) is -3.28. The summed E-state index contributed by atoms with van der Waals surface area (Å²) in [6, 6.07) is 3.66. The number of carbonyl (C=O) groups is 1. The van der Waals surface area contributed by atoms with E-state index in [1.807, 2.05) is 4.72 Å². The van der Waals surface area contributed by atoms with Gasteiger partial charge in [0.25, 0.3) is 15.9 Å². The molecule has 2 atom stereocenters. The number of hydrogen-bond donors (Lipinski definition) is 2. The SMILES string of the molecule is [2H]C([2H])([2H])[C@@H]1CN(c2nc(-n3ccc(OCC(C)(CO)C(F)(F)F)n3)ccc2C(=O)NS(=O)(=O)c2cn(C)nc2C)C(C)(C)C1([2H])[2H]. The molecule has 42 heavy (non-hydrogen) atoms. The van der Waals surface area contributed by atoms with Gasteiger partial charge in [-0.3, -0.25) is 9.48 Å². The zero-order valence-corrected chi connectivity index (χ0v) is 24.2. The lowest BCUT2D eigenvalue weighted by Gasteiger charge is -2.34. The zero-order valence-electron chi connectivity index (χ0n) is 28.4. The fourth-order valence-electron chi connectivity index (χ4n) is 4.30. The van der Waals surface area contributed by atoms with Gasteiger partial charge in [0.2, 0.25) is 5.88 Å². The third kappa shape index (κ3) is 6.09. The normalized spacial score (nSPS) is 21.9. The van der Waals surface area contributed by atoms with E-state index >= 15 is 0 Å². The Hall–Kier alpha value is -3.66. The molecule has 0 radical (unpaired) electrons. The third-order valence-corrected chi connectivity index (χ3v) is 8.22. The van der Waals surface area contributed by atoms with Crippen LogP contribution in [0, 0.1) is 18.3 Å². The van der Waals surface area contributed by atoms with Crippen LogP contribution < -0.4 is 14.4 Å². The molecule has 16 heteroatoms. The molecule has 0 spiro atoms. The lowest BCUT2D eigenvalue weighted by molar-refractivity contribution is -0.237. The van der Waals surface area contributed by atoms with Crippen molar-refractivity contribution >= 4 is 21.7 Å². The highest BCUT2D eigenvalue weighted by molar-refractivity contribution is 7.90. The first kappa shape index (κ1) is 24.9. The van der Waals surface area contributed by atoms with Crippen LogP contribution in [0.4, 0.5) is 19.0 Å². The highest BCUT2D eigenvalue weighted by Gasteiger charge is 2.51. The first-order valence-corrected chi connectivity index (χ1v) is 14.1. The van der Waals surface area contributed by atoms with Crippen molar-refractivity contribution in [2.24, 2.45) is 18.4 Å². The molecule has 1 fully saturated rings. The van der Waals surface area contributed by atoms with E-state index in [0.29, 0.717) is 0 Å². The molecule has 1 unspecified atom stereocenters. The van der Waals surface area contributed by atoms with Crippen molar-refractivity contribution in [3.8, 4) is 11.7 Å². The summed E-state index contributed by atoms with van der Waals surface area (Å²) >= 11 is 0. The number of alkyl halides is 3. The van der Waals surface area contributed by atoms with Crippen LogP contribution >= 0.6 is 0 Å². The number of sulfonamides is 1. The molecule has 4 heterocycles. The average molecular weight is 619 g/mol. The molecule has 0 saturated carbocycles. The van der Waals surface area contributed by atoms with Gasteiger partial charge in [0.05, 0.1) is 17.9 Å². The van der Waals surface area contributed by atoms with Crippen molar-refractivity contribution in [2.45, 2.75) is 57.5 Å². The quantitative estimate of drug-likeness (QED) is 0.370. The zero-order chi connectivity index (χ0) is 35.5. The first-order chi connectivity index (χ1) is 21.4. The largest absolute Gasteiger partial charge is 0.476 e. The lowest BCUT2D eigenvalue weighted by atomic mass is 9.92. The summed E-state index contributed by atoms with van der Waals surface area (Å²) in [7, 11) is -2.97. The van der Waals surface area contributed by atoms with Crippen molar-refractivity contribution in [1.29, 1.82) is 0 Å². The molecule has 1 aliphatic rings. The maximum atomic E-state index is 13.6. The monoisotopic (exact) mass is 618 g/mol. The molecule has 0 bridgehead atoms. The molecular formula is C26H34F3N7O5S. The highest BCUT2D eigenvalue weighted by atomic mass is 32.2. The van der Waals surface area contributed by atoms with E-state index in [0.717, 1.165) is 11.6 Å². The van der Waals surface area contributed by atoms with Crippen molar-refractivity contribution in [2.75, 3.05) is 24.7 Å². The standard InChI is InChI=1S/C26H34F3N7O5S/c1-16-11-24(3,4)35(12-16)22-18(23(38)33-42(39,40)19-13-34(6)31-17(19)2)7-8-20(30-22)36-10-9-21(32-36)41-15-25(5,14-37)26(27,28)29/h7-10,13,16,37H,11-12,14-15H2,1-6H3,(H,33,38)/t16-,25?/m0/s1/i1D3,11D2. The molecule has 2 N–H and O–H groups in total. The Morgan fingerprint density at radius 3 is 2.60 bits per heavy atom. The van der Waals surface area contributed by atoms with Crippen molar-refractivity contribution in [3.05, 3.63) is 41.9 Å². The number of pyridine rings is 1. The van der Waals surface area contributed by atoms with E-state index in [4.69, 9.17) is 11.6 Å². The number of anilines is 1. The molecule has 0 aliphatic carbocycles. The molecule has 1 amide bonds. The van der Waals surface area contributed by atoms with Crippen LogP contribution in [-0.2, 0) is 17.1 Å². The van der Waals surface area contributed by atoms with Crippen LogP contribution in [-0.4, -0.2) is 75.5 Å². The Kier molecular flexibility index (Phi) is 6.45. The predicted molar refractivity (Wildman–Crippen MR) is 146 cm³/mol. The van der Waals surface area contributed by atoms with Crippen LogP contribution in [0.15, 0.2) is 35.5 Å². The van der Waals surface area contributed by atoms with Crippen molar-refractivity contribution < 1.29 is 43.1 Å². The first-order valence-electron chi connectivity index (χ1n) is 15.1. The van der Waals surface area contributed by atoms with E-state index in [9.17, 15) is 31.5 Å². The minimum Gasteiger partial charge on any atom is -0.476 e. The minimum absolute atomic E-state index is 0.0493. The Morgan fingerprint density at radius 2 is 2.02 bits per heavy atom.